The minimum Gasteiger partial charge on any atom is -0.492 e. The van der Waals surface area contributed by atoms with Gasteiger partial charge in [0, 0.05) is 18.6 Å². The number of halogens is 1. The zero-order valence-corrected chi connectivity index (χ0v) is 13.3. The molecule has 0 saturated carbocycles. The van der Waals surface area contributed by atoms with E-state index in [0.717, 1.165) is 5.75 Å². The number of nitrogens with one attached hydrogen (secondary N) is 1. The third kappa shape index (κ3) is 3.72. The highest BCUT2D eigenvalue weighted by Gasteiger charge is 2.12. The van der Waals surface area contributed by atoms with Gasteiger partial charge in [0.2, 0.25) is 5.28 Å². The first-order valence-corrected chi connectivity index (χ1v) is 7.52. The van der Waals surface area contributed by atoms with Crippen molar-refractivity contribution in [3.05, 3.63) is 42.1 Å². The van der Waals surface area contributed by atoms with Gasteiger partial charge in [-0.25, -0.2) is 4.98 Å². The van der Waals surface area contributed by atoms with Crippen molar-refractivity contribution in [2.75, 3.05) is 18.5 Å². The molecule has 0 aliphatic rings. The maximum absolute atomic E-state index is 10.9. The Morgan fingerprint density at radius 2 is 2.08 bits per heavy atom. The highest BCUT2D eigenvalue weighted by Crippen LogP contribution is 2.23. The Labute approximate surface area is 142 Å². The second-order valence-electron chi connectivity index (χ2n) is 4.87. The Balaban J connectivity index is 1.70. The van der Waals surface area contributed by atoms with Gasteiger partial charge < -0.3 is 19.7 Å². The zero-order chi connectivity index (χ0) is 16.9. The van der Waals surface area contributed by atoms with Gasteiger partial charge in [-0.3, -0.25) is 9.78 Å². The Bertz CT molecular complexity index is 853. The van der Waals surface area contributed by atoms with E-state index in [-0.39, 0.29) is 11.8 Å². The quantitative estimate of drug-likeness (QED) is 0.498. The molecule has 0 radical (unpaired) electrons. The first-order chi connectivity index (χ1) is 11.6. The van der Waals surface area contributed by atoms with Crippen molar-refractivity contribution in [3.63, 3.8) is 0 Å². The highest BCUT2D eigenvalue weighted by molar-refractivity contribution is 6.28. The summed E-state index contributed by atoms with van der Waals surface area (Å²) in [5.41, 5.74) is 0.468. The fourth-order valence-electron chi connectivity index (χ4n) is 2.22. The van der Waals surface area contributed by atoms with E-state index in [4.69, 9.17) is 21.4 Å². The Hall–Kier alpha value is -2.87. The number of anilines is 1. The van der Waals surface area contributed by atoms with Crippen molar-refractivity contribution in [2.45, 2.75) is 6.54 Å². The van der Waals surface area contributed by atoms with Crippen molar-refractivity contribution >= 4 is 34.4 Å². The van der Waals surface area contributed by atoms with E-state index < -0.39 is 5.97 Å². The molecule has 3 heterocycles. The first-order valence-electron chi connectivity index (χ1n) is 7.14. The predicted octanol–water partition coefficient (Wildman–Crippen LogP) is 2.06. The second kappa shape index (κ2) is 7.14. The number of aromatic nitrogens is 4. The summed E-state index contributed by atoms with van der Waals surface area (Å²) in [5.74, 6) is 0.306. The number of ether oxygens (including phenoxy) is 1. The molecule has 0 aromatic carbocycles. The largest absolute Gasteiger partial charge is 0.492 e. The van der Waals surface area contributed by atoms with Gasteiger partial charge in [0.05, 0.1) is 11.9 Å². The molecule has 3 aromatic heterocycles. The monoisotopic (exact) mass is 347 g/mol. The molecule has 3 aromatic rings. The van der Waals surface area contributed by atoms with Gasteiger partial charge in [0.15, 0.2) is 0 Å². The summed E-state index contributed by atoms with van der Waals surface area (Å²) in [7, 11) is 0. The fraction of sp³-hybridized carbons (Fsp3) is 0.200. The average Bonchev–Trinajstić information content (AvgIpc) is 2.94. The number of fused-ring (bicyclic) bond motifs is 1. The van der Waals surface area contributed by atoms with Crippen LogP contribution in [-0.4, -0.2) is 43.7 Å². The molecular weight excluding hydrogens is 334 g/mol. The first kappa shape index (κ1) is 16.0. The molecular formula is C15H14ClN5O3. The third-order valence-corrected chi connectivity index (χ3v) is 3.38. The van der Waals surface area contributed by atoms with Gasteiger partial charge in [0.1, 0.15) is 30.4 Å². The highest BCUT2D eigenvalue weighted by atomic mass is 35.5. The number of carboxylic acids is 1. The molecule has 124 valence electrons. The molecule has 0 bridgehead atoms. The number of nitrogens with zero attached hydrogens (tertiary/aromatic N) is 4. The van der Waals surface area contributed by atoms with Crippen LogP contribution in [0.4, 0.5) is 5.82 Å². The lowest BCUT2D eigenvalue weighted by Gasteiger charge is -2.09. The molecule has 0 aliphatic heterocycles. The number of rotatable bonds is 7. The molecule has 8 nitrogen and oxygen atoms in total. The number of pyridine rings is 1. The van der Waals surface area contributed by atoms with Crippen LogP contribution >= 0.6 is 11.6 Å². The van der Waals surface area contributed by atoms with Gasteiger partial charge in [-0.05, 0) is 29.8 Å². The van der Waals surface area contributed by atoms with E-state index >= 15 is 0 Å². The van der Waals surface area contributed by atoms with E-state index in [0.29, 0.717) is 30.0 Å². The molecule has 9 heteroatoms. The summed E-state index contributed by atoms with van der Waals surface area (Å²) >= 11 is 5.94. The standard InChI is InChI=1S/C15H14ClN5O3/c16-15-19-13(18-6-8-24-10-1-4-17-5-2-10)11-3-7-21(9-12(22)23)14(11)20-15/h1-5,7H,6,8-9H2,(H,22,23)(H,18,19,20). The number of aliphatic carboxylic acids is 1. The van der Waals surface area contributed by atoms with Crippen LogP contribution in [0, 0.1) is 0 Å². The molecule has 0 saturated heterocycles. The summed E-state index contributed by atoms with van der Waals surface area (Å²) in [6.45, 7) is 0.722. The van der Waals surface area contributed by atoms with Gasteiger partial charge in [-0.2, -0.15) is 4.98 Å². The Morgan fingerprint density at radius 1 is 1.29 bits per heavy atom. The van der Waals surface area contributed by atoms with Crippen molar-refractivity contribution in [3.8, 4) is 5.75 Å². The average molecular weight is 348 g/mol. The SMILES string of the molecule is O=C(O)Cn1ccc2c(NCCOc3ccncc3)nc(Cl)nc21. The lowest BCUT2D eigenvalue weighted by molar-refractivity contribution is -0.137. The fourth-order valence-corrected chi connectivity index (χ4v) is 2.38. The third-order valence-electron chi connectivity index (χ3n) is 3.21. The molecule has 3 rings (SSSR count). The summed E-state index contributed by atoms with van der Waals surface area (Å²) in [5, 5.41) is 12.8. The van der Waals surface area contributed by atoms with Gasteiger partial charge in [-0.1, -0.05) is 0 Å². The molecule has 2 N–H and O–H groups in total. The minimum absolute atomic E-state index is 0.0467. The summed E-state index contributed by atoms with van der Waals surface area (Å²) in [4.78, 5) is 23.1. The normalized spacial score (nSPS) is 10.7. The van der Waals surface area contributed by atoms with Gasteiger partial charge in [0.25, 0.3) is 0 Å². The Morgan fingerprint density at radius 3 is 2.83 bits per heavy atom. The van der Waals surface area contributed by atoms with Gasteiger partial charge >= 0.3 is 5.97 Å². The van der Waals surface area contributed by atoms with Gasteiger partial charge in [-0.15, -0.1) is 0 Å². The number of hydrogen-bond acceptors (Lipinski definition) is 6. The van der Waals surface area contributed by atoms with Crippen LogP contribution in [0.3, 0.4) is 0 Å². The molecule has 0 amide bonds. The summed E-state index contributed by atoms with van der Waals surface area (Å²) < 4.78 is 7.07. The lowest BCUT2D eigenvalue weighted by Crippen LogP contribution is -2.13. The maximum atomic E-state index is 10.9. The molecule has 0 spiro atoms. The van der Waals surface area contributed by atoms with E-state index in [1.54, 1.807) is 36.8 Å². The molecule has 0 aliphatic carbocycles. The summed E-state index contributed by atoms with van der Waals surface area (Å²) in [6.07, 6.45) is 4.95. The maximum Gasteiger partial charge on any atom is 0.323 e. The van der Waals surface area contributed by atoms with Crippen LogP contribution in [0.5, 0.6) is 5.75 Å². The molecule has 0 atom stereocenters. The van der Waals surface area contributed by atoms with Crippen LogP contribution in [0.15, 0.2) is 36.8 Å². The van der Waals surface area contributed by atoms with E-state index in [9.17, 15) is 4.79 Å². The van der Waals surface area contributed by atoms with Crippen LogP contribution in [0.1, 0.15) is 0 Å². The van der Waals surface area contributed by atoms with Crippen LogP contribution in [0.25, 0.3) is 11.0 Å². The van der Waals surface area contributed by atoms with E-state index in [2.05, 4.69) is 20.3 Å². The second-order valence-corrected chi connectivity index (χ2v) is 5.21. The Kier molecular flexibility index (Phi) is 4.76. The van der Waals surface area contributed by atoms with Crippen molar-refractivity contribution < 1.29 is 14.6 Å². The van der Waals surface area contributed by atoms with Crippen molar-refractivity contribution in [1.29, 1.82) is 0 Å². The topological polar surface area (TPSA) is 102 Å². The van der Waals surface area contributed by atoms with Crippen LogP contribution < -0.4 is 10.1 Å². The van der Waals surface area contributed by atoms with E-state index in [1.165, 1.54) is 4.57 Å². The zero-order valence-electron chi connectivity index (χ0n) is 12.5. The van der Waals surface area contributed by atoms with Crippen LogP contribution in [-0.2, 0) is 11.3 Å². The number of carbonyl (C=O) groups is 1. The molecule has 24 heavy (non-hydrogen) atoms. The van der Waals surface area contributed by atoms with Crippen LogP contribution in [0.2, 0.25) is 5.28 Å². The summed E-state index contributed by atoms with van der Waals surface area (Å²) in [6, 6.07) is 5.29. The predicted molar refractivity (Wildman–Crippen MR) is 88.4 cm³/mol. The van der Waals surface area contributed by atoms with Crippen molar-refractivity contribution in [2.24, 2.45) is 0 Å². The van der Waals surface area contributed by atoms with Crippen molar-refractivity contribution in [1.82, 2.24) is 19.5 Å². The lowest BCUT2D eigenvalue weighted by atomic mass is 10.4. The molecule has 0 unspecified atom stereocenters. The number of carboxylic acid groups (broad SMARTS) is 1. The molecule has 0 fully saturated rings. The minimum atomic E-state index is -0.956. The smallest absolute Gasteiger partial charge is 0.323 e. The number of hydrogen-bond donors (Lipinski definition) is 2. The van der Waals surface area contributed by atoms with E-state index in [1.807, 2.05) is 0 Å².